The Morgan fingerprint density at radius 1 is 1.53 bits per heavy atom. The van der Waals surface area contributed by atoms with Crippen molar-refractivity contribution in [3.05, 3.63) is 27.8 Å². The van der Waals surface area contributed by atoms with E-state index in [9.17, 15) is 0 Å². The minimum absolute atomic E-state index is 0.401. The zero-order valence-electron chi connectivity index (χ0n) is 9.09. The largest absolute Gasteiger partial charge is 0.325 e. The number of aryl methyl sites for hydroxylation is 1. The highest BCUT2D eigenvalue weighted by atomic mass is 79.9. The quantitative estimate of drug-likeness (QED) is 0.787. The molecule has 0 saturated heterocycles. The van der Waals surface area contributed by atoms with Crippen molar-refractivity contribution < 1.29 is 0 Å². The van der Waals surface area contributed by atoms with E-state index in [1.165, 1.54) is 0 Å². The summed E-state index contributed by atoms with van der Waals surface area (Å²) in [5.41, 5.74) is 6.44. The van der Waals surface area contributed by atoms with Crippen molar-refractivity contribution in [2.24, 2.45) is 12.8 Å². The van der Waals surface area contributed by atoms with E-state index in [0.29, 0.717) is 6.54 Å². The zero-order chi connectivity index (χ0) is 12.0. The molecule has 0 aliphatic heterocycles. The first-order valence-corrected chi connectivity index (χ1v) is 6.73. The molecule has 5 nitrogen and oxygen atoms in total. The predicted octanol–water partition coefficient (Wildman–Crippen LogP) is 2.02. The Labute approximate surface area is 110 Å². The van der Waals surface area contributed by atoms with Crippen LogP contribution in [-0.4, -0.2) is 19.2 Å². The smallest absolute Gasteiger partial charge is 0.233 e. The Hall–Kier alpha value is -1.18. The van der Waals surface area contributed by atoms with Gasteiger partial charge in [0, 0.05) is 13.6 Å². The maximum atomic E-state index is 5.62. The van der Waals surface area contributed by atoms with Gasteiger partial charge in [0.05, 0.1) is 10.6 Å². The Balaban J connectivity index is 2.27. The first-order chi connectivity index (χ1) is 8.22. The minimum Gasteiger partial charge on any atom is -0.325 e. The van der Waals surface area contributed by atoms with Gasteiger partial charge >= 0.3 is 0 Å². The second-order valence-corrected chi connectivity index (χ2v) is 5.32. The summed E-state index contributed by atoms with van der Waals surface area (Å²) in [5.74, 6) is 1.70. The number of halogens is 1. The van der Waals surface area contributed by atoms with Crippen LogP contribution in [0.1, 0.15) is 5.69 Å². The number of aromatic nitrogens is 4. The van der Waals surface area contributed by atoms with Crippen molar-refractivity contribution in [3.8, 4) is 10.7 Å². The molecule has 0 saturated carbocycles. The van der Waals surface area contributed by atoms with Gasteiger partial charge in [0.15, 0.2) is 5.82 Å². The van der Waals surface area contributed by atoms with E-state index in [1.807, 2.05) is 29.1 Å². The van der Waals surface area contributed by atoms with Crippen LogP contribution >= 0.6 is 27.3 Å². The molecular weight excluding hydrogens is 302 g/mol. The highest BCUT2D eigenvalue weighted by molar-refractivity contribution is 9.10. The standard InChI is InChI=1S/C10H10BrN5S/c1-15-9(7-3-2-4-17-7)14-16-8(11)6(5-12)13-10(15)16/h2-4H,5,12H2,1H3. The predicted molar refractivity (Wildman–Crippen MR) is 70.9 cm³/mol. The number of nitrogens with two attached hydrogens (primary N) is 1. The van der Waals surface area contributed by atoms with E-state index in [2.05, 4.69) is 26.0 Å². The van der Waals surface area contributed by atoms with E-state index >= 15 is 0 Å². The van der Waals surface area contributed by atoms with Crippen molar-refractivity contribution in [2.75, 3.05) is 0 Å². The fourth-order valence-corrected chi connectivity index (χ4v) is 2.97. The van der Waals surface area contributed by atoms with Crippen LogP contribution in [-0.2, 0) is 13.6 Å². The van der Waals surface area contributed by atoms with Gasteiger partial charge in [-0.2, -0.15) is 4.52 Å². The Morgan fingerprint density at radius 3 is 2.94 bits per heavy atom. The van der Waals surface area contributed by atoms with Crippen LogP contribution in [0, 0.1) is 0 Å². The summed E-state index contributed by atoms with van der Waals surface area (Å²) < 4.78 is 4.57. The second kappa shape index (κ2) is 3.94. The van der Waals surface area contributed by atoms with Crippen molar-refractivity contribution in [1.29, 1.82) is 0 Å². The number of thiophene rings is 1. The van der Waals surface area contributed by atoms with Crippen LogP contribution in [0.15, 0.2) is 22.1 Å². The third-order valence-corrected chi connectivity index (χ3v) is 4.26. The van der Waals surface area contributed by atoms with Crippen LogP contribution in [0.2, 0.25) is 0 Å². The molecule has 0 aromatic carbocycles. The van der Waals surface area contributed by atoms with E-state index in [-0.39, 0.29) is 0 Å². The molecule has 7 heteroatoms. The molecule has 0 aliphatic rings. The summed E-state index contributed by atoms with van der Waals surface area (Å²) in [7, 11) is 1.96. The van der Waals surface area contributed by atoms with Gasteiger partial charge in [0.25, 0.3) is 0 Å². The van der Waals surface area contributed by atoms with Gasteiger partial charge in [-0.25, -0.2) is 4.98 Å². The topological polar surface area (TPSA) is 61.1 Å². The lowest BCUT2D eigenvalue weighted by molar-refractivity contribution is 0.918. The summed E-state index contributed by atoms with van der Waals surface area (Å²) in [6, 6.07) is 4.06. The molecule has 0 unspecified atom stereocenters. The third kappa shape index (κ3) is 1.54. The Kier molecular flexibility index (Phi) is 2.53. The molecule has 0 amide bonds. The van der Waals surface area contributed by atoms with Crippen LogP contribution < -0.4 is 5.73 Å². The number of nitrogens with zero attached hydrogens (tertiary/aromatic N) is 4. The molecule has 3 aromatic heterocycles. The molecule has 0 aliphatic carbocycles. The molecule has 0 fully saturated rings. The first kappa shape index (κ1) is 10.9. The summed E-state index contributed by atoms with van der Waals surface area (Å²) >= 11 is 5.13. The molecule has 0 radical (unpaired) electrons. The molecule has 3 rings (SSSR count). The van der Waals surface area contributed by atoms with Crippen molar-refractivity contribution in [1.82, 2.24) is 19.2 Å². The molecule has 3 aromatic rings. The highest BCUT2D eigenvalue weighted by Gasteiger charge is 2.17. The van der Waals surface area contributed by atoms with Gasteiger partial charge in [-0.1, -0.05) is 6.07 Å². The van der Waals surface area contributed by atoms with Gasteiger partial charge < -0.3 is 5.73 Å². The summed E-state index contributed by atoms with van der Waals surface area (Å²) in [6.07, 6.45) is 0. The van der Waals surface area contributed by atoms with Crippen LogP contribution in [0.25, 0.3) is 16.5 Å². The van der Waals surface area contributed by atoms with E-state index < -0.39 is 0 Å². The maximum absolute atomic E-state index is 5.62. The Bertz CT molecular complexity index is 667. The molecule has 0 atom stereocenters. The third-order valence-electron chi connectivity index (χ3n) is 2.60. The van der Waals surface area contributed by atoms with Gasteiger partial charge in [0.1, 0.15) is 4.60 Å². The molecule has 88 valence electrons. The lowest BCUT2D eigenvalue weighted by Gasteiger charge is -1.96. The van der Waals surface area contributed by atoms with Crippen molar-refractivity contribution in [2.45, 2.75) is 6.54 Å². The number of imidazole rings is 1. The Morgan fingerprint density at radius 2 is 2.35 bits per heavy atom. The molecule has 17 heavy (non-hydrogen) atoms. The fourth-order valence-electron chi connectivity index (χ4n) is 1.74. The van der Waals surface area contributed by atoms with Crippen LogP contribution in [0.5, 0.6) is 0 Å². The summed E-state index contributed by atoms with van der Waals surface area (Å²) in [5, 5.41) is 6.58. The average Bonchev–Trinajstić information content (AvgIpc) is 2.99. The normalized spacial score (nSPS) is 11.5. The van der Waals surface area contributed by atoms with E-state index in [4.69, 9.17) is 5.73 Å². The van der Waals surface area contributed by atoms with Gasteiger partial charge in [-0.05, 0) is 27.4 Å². The number of fused-ring (bicyclic) bond motifs is 1. The average molecular weight is 312 g/mol. The molecule has 3 heterocycles. The lowest BCUT2D eigenvalue weighted by Crippen LogP contribution is -1.99. The van der Waals surface area contributed by atoms with Gasteiger partial charge in [-0.15, -0.1) is 16.4 Å². The molecule has 2 N–H and O–H groups in total. The lowest BCUT2D eigenvalue weighted by atomic mass is 10.4. The van der Waals surface area contributed by atoms with Crippen molar-refractivity contribution in [3.63, 3.8) is 0 Å². The monoisotopic (exact) mass is 311 g/mol. The SMILES string of the molecule is Cn1c(-c2cccs2)nn2c(Br)c(CN)nc12. The number of hydrogen-bond acceptors (Lipinski definition) is 4. The summed E-state index contributed by atoms with van der Waals surface area (Å²) in [4.78, 5) is 5.58. The summed E-state index contributed by atoms with van der Waals surface area (Å²) in [6.45, 7) is 0.401. The number of rotatable bonds is 2. The maximum Gasteiger partial charge on any atom is 0.233 e. The van der Waals surface area contributed by atoms with Crippen LogP contribution in [0.3, 0.4) is 0 Å². The van der Waals surface area contributed by atoms with E-state index in [1.54, 1.807) is 15.9 Å². The second-order valence-electron chi connectivity index (χ2n) is 3.63. The van der Waals surface area contributed by atoms with Gasteiger partial charge in [0.2, 0.25) is 5.78 Å². The van der Waals surface area contributed by atoms with Crippen molar-refractivity contribution >= 4 is 33.0 Å². The zero-order valence-corrected chi connectivity index (χ0v) is 11.5. The number of hydrogen-bond donors (Lipinski definition) is 1. The highest BCUT2D eigenvalue weighted by Crippen LogP contribution is 2.26. The molecule has 0 bridgehead atoms. The van der Waals surface area contributed by atoms with Crippen LogP contribution in [0.4, 0.5) is 0 Å². The minimum atomic E-state index is 0.401. The van der Waals surface area contributed by atoms with E-state index in [0.717, 1.165) is 26.8 Å². The molecule has 0 spiro atoms. The first-order valence-electron chi connectivity index (χ1n) is 5.06. The molecular formula is C10H10BrN5S. The van der Waals surface area contributed by atoms with Gasteiger partial charge in [-0.3, -0.25) is 4.57 Å². The fraction of sp³-hybridized carbons (Fsp3) is 0.200.